The fourth-order valence-electron chi connectivity index (χ4n) is 0.645. The molecule has 0 fully saturated rings. The number of halogens is 2. The third-order valence-electron chi connectivity index (χ3n) is 1.21. The second-order valence-electron chi connectivity index (χ2n) is 2.03. The Bertz CT molecular complexity index is 325. The van der Waals surface area contributed by atoms with Crippen molar-refractivity contribution in [2.75, 3.05) is 7.11 Å². The zero-order valence-electron chi connectivity index (χ0n) is 6.64. The van der Waals surface area contributed by atoms with Gasteiger partial charge in [0.15, 0.2) is 11.6 Å². The zero-order chi connectivity index (χ0) is 9.84. The highest BCUT2D eigenvalue weighted by atomic mass is 19.2. The first-order valence-corrected chi connectivity index (χ1v) is 3.26. The van der Waals surface area contributed by atoms with Crippen molar-refractivity contribution in [1.82, 2.24) is 0 Å². The van der Waals surface area contributed by atoms with Crippen LogP contribution >= 0.6 is 0 Å². The lowest BCUT2D eigenvalue weighted by Crippen LogP contribution is -2.08. The van der Waals surface area contributed by atoms with Gasteiger partial charge in [0.05, 0.1) is 7.11 Å². The molecule has 3 nitrogen and oxygen atoms in total. The summed E-state index contributed by atoms with van der Waals surface area (Å²) in [5.74, 6) is -3.00. The Morgan fingerprint density at radius 1 is 1.54 bits per heavy atom. The van der Waals surface area contributed by atoms with Gasteiger partial charge < -0.3 is 9.47 Å². The van der Waals surface area contributed by atoms with Crippen molar-refractivity contribution in [3.05, 3.63) is 29.8 Å². The predicted molar refractivity (Wildman–Crippen MR) is 38.2 cm³/mol. The SMILES string of the molecule is COC(=O)Oc1cc[c]c(F)c1F. The van der Waals surface area contributed by atoms with Gasteiger partial charge in [-0.1, -0.05) is 0 Å². The summed E-state index contributed by atoms with van der Waals surface area (Å²) in [4.78, 5) is 10.5. The highest BCUT2D eigenvalue weighted by Gasteiger charge is 2.12. The second-order valence-corrected chi connectivity index (χ2v) is 2.03. The van der Waals surface area contributed by atoms with Crippen LogP contribution in [0.5, 0.6) is 5.75 Å². The Balaban J connectivity index is 2.89. The molecule has 0 aromatic heterocycles. The van der Waals surface area contributed by atoms with Crippen LogP contribution < -0.4 is 4.74 Å². The summed E-state index contributed by atoms with van der Waals surface area (Å²) in [6.07, 6.45) is -1.11. The summed E-state index contributed by atoms with van der Waals surface area (Å²) in [5.41, 5.74) is 0. The van der Waals surface area contributed by atoms with Crippen LogP contribution in [0.1, 0.15) is 0 Å². The van der Waals surface area contributed by atoms with Gasteiger partial charge in [-0.3, -0.25) is 0 Å². The first-order valence-electron chi connectivity index (χ1n) is 3.26. The van der Waals surface area contributed by atoms with E-state index in [0.717, 1.165) is 19.2 Å². The van der Waals surface area contributed by atoms with E-state index in [4.69, 9.17) is 0 Å². The highest BCUT2D eigenvalue weighted by Crippen LogP contribution is 2.18. The lowest BCUT2D eigenvalue weighted by molar-refractivity contribution is 0.119. The molecule has 0 saturated heterocycles. The van der Waals surface area contributed by atoms with Crippen LogP contribution in [0, 0.1) is 17.7 Å². The number of carbonyl (C=O) groups excluding carboxylic acids is 1. The first kappa shape index (κ1) is 9.44. The van der Waals surface area contributed by atoms with Crippen molar-refractivity contribution in [2.45, 2.75) is 0 Å². The van der Waals surface area contributed by atoms with Gasteiger partial charge >= 0.3 is 6.16 Å². The summed E-state index contributed by atoms with van der Waals surface area (Å²) < 4.78 is 33.6. The maximum absolute atomic E-state index is 12.8. The smallest absolute Gasteiger partial charge is 0.437 e. The zero-order valence-corrected chi connectivity index (χ0v) is 6.64. The molecule has 1 rings (SSSR count). The Labute approximate surface area is 72.9 Å². The molecule has 0 spiro atoms. The first-order chi connectivity index (χ1) is 6.15. The van der Waals surface area contributed by atoms with Gasteiger partial charge in [-0.2, -0.15) is 4.39 Å². The van der Waals surface area contributed by atoms with Crippen molar-refractivity contribution >= 4 is 6.16 Å². The van der Waals surface area contributed by atoms with Crippen LogP contribution in [0.2, 0.25) is 0 Å². The second kappa shape index (κ2) is 3.84. The van der Waals surface area contributed by atoms with E-state index in [0.29, 0.717) is 0 Å². The lowest BCUT2D eigenvalue weighted by Gasteiger charge is -2.02. The molecule has 0 heterocycles. The van der Waals surface area contributed by atoms with Crippen LogP contribution in [0.4, 0.5) is 13.6 Å². The minimum absolute atomic E-state index is 0.525. The summed E-state index contributed by atoms with van der Waals surface area (Å²) in [6, 6.07) is 4.12. The van der Waals surface area contributed by atoms with Gasteiger partial charge in [-0.25, -0.2) is 9.18 Å². The largest absolute Gasteiger partial charge is 0.513 e. The minimum Gasteiger partial charge on any atom is -0.437 e. The van der Waals surface area contributed by atoms with E-state index in [1.54, 1.807) is 0 Å². The van der Waals surface area contributed by atoms with Gasteiger partial charge in [-0.15, -0.1) is 0 Å². The average Bonchev–Trinajstić information content (AvgIpc) is 2.13. The summed E-state index contributed by atoms with van der Waals surface area (Å²) in [5, 5.41) is 0. The molecule has 0 bridgehead atoms. The van der Waals surface area contributed by atoms with Crippen molar-refractivity contribution in [3.8, 4) is 5.75 Å². The van der Waals surface area contributed by atoms with Crippen LogP contribution in [-0.4, -0.2) is 13.3 Å². The molecule has 1 aromatic carbocycles. The molecule has 5 heteroatoms. The molecule has 1 radical (unpaired) electrons. The molecule has 0 unspecified atom stereocenters. The summed E-state index contributed by atoms with van der Waals surface area (Å²) in [6.45, 7) is 0. The number of ether oxygens (including phenoxy) is 2. The van der Waals surface area contributed by atoms with Gasteiger partial charge in [-0.05, 0) is 12.1 Å². The molecule has 0 amide bonds. The number of hydrogen-bond acceptors (Lipinski definition) is 3. The van der Waals surface area contributed by atoms with Gasteiger partial charge in [0.1, 0.15) is 0 Å². The summed E-state index contributed by atoms with van der Waals surface area (Å²) >= 11 is 0. The van der Waals surface area contributed by atoms with Crippen LogP contribution in [0.25, 0.3) is 0 Å². The number of methoxy groups -OCH3 is 1. The van der Waals surface area contributed by atoms with Gasteiger partial charge in [0.2, 0.25) is 5.82 Å². The topological polar surface area (TPSA) is 35.5 Å². The molecule has 13 heavy (non-hydrogen) atoms. The Hall–Kier alpha value is -1.65. The van der Waals surface area contributed by atoms with Gasteiger partial charge in [0, 0.05) is 6.07 Å². The normalized spacial score (nSPS) is 9.46. The van der Waals surface area contributed by atoms with Crippen molar-refractivity contribution < 1.29 is 23.0 Å². The van der Waals surface area contributed by atoms with E-state index < -0.39 is 23.5 Å². The van der Waals surface area contributed by atoms with E-state index in [1.807, 2.05) is 6.07 Å². The van der Waals surface area contributed by atoms with Crippen LogP contribution in [0.15, 0.2) is 12.1 Å². The Kier molecular flexibility index (Phi) is 2.79. The lowest BCUT2D eigenvalue weighted by atomic mass is 10.3. The molecule has 0 aliphatic heterocycles. The summed E-state index contributed by atoms with van der Waals surface area (Å²) in [7, 11) is 1.06. The highest BCUT2D eigenvalue weighted by molar-refractivity contribution is 5.63. The van der Waals surface area contributed by atoms with Gasteiger partial charge in [0.25, 0.3) is 0 Å². The predicted octanol–water partition coefficient (Wildman–Crippen LogP) is 1.91. The molecule has 0 aliphatic rings. The van der Waals surface area contributed by atoms with Crippen LogP contribution in [0.3, 0.4) is 0 Å². The Morgan fingerprint density at radius 2 is 2.23 bits per heavy atom. The molecule has 0 saturated carbocycles. The van der Waals surface area contributed by atoms with Crippen LogP contribution in [-0.2, 0) is 4.74 Å². The molecular formula is C8H5F2O3. The standard InChI is InChI=1S/C8H5F2O3/c1-12-8(11)13-6-4-2-3-5(9)7(6)10/h2,4H,1H3. The minimum atomic E-state index is -1.27. The fraction of sp³-hybridized carbons (Fsp3) is 0.125. The molecule has 0 atom stereocenters. The number of rotatable bonds is 1. The third-order valence-corrected chi connectivity index (χ3v) is 1.21. The van der Waals surface area contributed by atoms with E-state index in [1.165, 1.54) is 0 Å². The van der Waals surface area contributed by atoms with Crippen molar-refractivity contribution in [1.29, 1.82) is 0 Å². The molecule has 0 aliphatic carbocycles. The van der Waals surface area contributed by atoms with Crippen molar-refractivity contribution in [2.24, 2.45) is 0 Å². The Morgan fingerprint density at radius 3 is 2.85 bits per heavy atom. The molecular weight excluding hydrogens is 182 g/mol. The van der Waals surface area contributed by atoms with E-state index in [9.17, 15) is 13.6 Å². The number of hydrogen-bond donors (Lipinski definition) is 0. The fourth-order valence-corrected chi connectivity index (χ4v) is 0.645. The maximum atomic E-state index is 12.8. The van der Waals surface area contributed by atoms with E-state index in [-0.39, 0.29) is 0 Å². The third kappa shape index (κ3) is 2.14. The maximum Gasteiger partial charge on any atom is 0.513 e. The monoisotopic (exact) mass is 187 g/mol. The van der Waals surface area contributed by atoms with E-state index in [2.05, 4.69) is 9.47 Å². The molecule has 1 aromatic rings. The molecule has 0 N–H and O–H groups in total. The van der Waals surface area contributed by atoms with Crippen molar-refractivity contribution in [3.63, 3.8) is 0 Å². The number of carbonyl (C=O) groups is 1. The quantitative estimate of drug-likeness (QED) is 0.497. The average molecular weight is 187 g/mol. The van der Waals surface area contributed by atoms with E-state index >= 15 is 0 Å². The molecule has 69 valence electrons. The number of benzene rings is 1.